The first-order valence-electron chi connectivity index (χ1n) is 4.39. The Balaban J connectivity index is 2.23. The molecule has 1 heterocycles. The molecule has 0 amide bonds. The molecule has 16 heavy (non-hydrogen) atoms. The van der Waals surface area contributed by atoms with Gasteiger partial charge in [-0.15, -0.1) is 5.10 Å². The highest BCUT2D eigenvalue weighted by Crippen LogP contribution is 2.21. The molecule has 0 radical (unpaired) electrons. The van der Waals surface area contributed by atoms with Crippen molar-refractivity contribution in [3.63, 3.8) is 0 Å². The molecule has 2 rings (SSSR count). The van der Waals surface area contributed by atoms with Gasteiger partial charge in [-0.25, -0.2) is 10.1 Å². The minimum atomic E-state index is -0.0766. The largest absolute Gasteiger partial charge is 0.508 e. The van der Waals surface area contributed by atoms with Crippen LogP contribution in [0.4, 0.5) is 11.9 Å². The van der Waals surface area contributed by atoms with Gasteiger partial charge in [0.2, 0.25) is 5.95 Å². The number of aromatic amines is 1. The number of nitrogens with two attached hydrogens (primary N) is 1. The molecule has 0 atom stereocenters. The SMILES string of the molecule is Nc1nc(/N=C/c2ccc(O)cc2O)n[nH]1. The Morgan fingerprint density at radius 1 is 1.38 bits per heavy atom. The van der Waals surface area contributed by atoms with Crippen LogP contribution in [0.5, 0.6) is 11.5 Å². The van der Waals surface area contributed by atoms with E-state index in [2.05, 4.69) is 20.2 Å². The zero-order valence-corrected chi connectivity index (χ0v) is 8.12. The first kappa shape index (κ1) is 9.97. The van der Waals surface area contributed by atoms with Gasteiger partial charge in [-0.05, 0) is 12.1 Å². The van der Waals surface area contributed by atoms with Gasteiger partial charge in [-0.3, -0.25) is 0 Å². The van der Waals surface area contributed by atoms with Gasteiger partial charge < -0.3 is 15.9 Å². The fourth-order valence-corrected chi connectivity index (χ4v) is 1.09. The molecule has 0 unspecified atom stereocenters. The predicted molar refractivity (Wildman–Crippen MR) is 57.8 cm³/mol. The van der Waals surface area contributed by atoms with Crippen molar-refractivity contribution in [3.05, 3.63) is 23.8 Å². The number of benzene rings is 1. The van der Waals surface area contributed by atoms with Gasteiger partial charge in [0.1, 0.15) is 11.5 Å². The number of aromatic hydroxyl groups is 2. The summed E-state index contributed by atoms with van der Waals surface area (Å²) in [5.74, 6) is 0.246. The molecule has 0 saturated heterocycles. The van der Waals surface area contributed by atoms with E-state index in [1.165, 1.54) is 24.4 Å². The van der Waals surface area contributed by atoms with Crippen molar-refractivity contribution in [1.29, 1.82) is 0 Å². The van der Waals surface area contributed by atoms with E-state index in [1.807, 2.05) is 0 Å². The molecule has 7 nitrogen and oxygen atoms in total. The number of phenols is 2. The molecule has 2 aromatic rings. The number of H-pyrrole nitrogens is 1. The lowest BCUT2D eigenvalue weighted by Gasteiger charge is -1.97. The smallest absolute Gasteiger partial charge is 0.269 e. The Hall–Kier alpha value is -2.57. The molecule has 0 spiro atoms. The summed E-state index contributed by atoms with van der Waals surface area (Å²) < 4.78 is 0. The van der Waals surface area contributed by atoms with Crippen molar-refractivity contribution < 1.29 is 10.2 Å². The molecule has 0 bridgehead atoms. The van der Waals surface area contributed by atoms with Crippen LogP contribution in [0, 0.1) is 0 Å². The average molecular weight is 219 g/mol. The summed E-state index contributed by atoms with van der Waals surface area (Å²) in [4.78, 5) is 7.64. The van der Waals surface area contributed by atoms with Crippen LogP contribution in [0.25, 0.3) is 0 Å². The second-order valence-electron chi connectivity index (χ2n) is 3.02. The molecule has 7 heteroatoms. The van der Waals surface area contributed by atoms with Crippen molar-refractivity contribution in [2.45, 2.75) is 0 Å². The lowest BCUT2D eigenvalue weighted by atomic mass is 10.2. The summed E-state index contributed by atoms with van der Waals surface area (Å²) in [7, 11) is 0. The zero-order chi connectivity index (χ0) is 11.5. The van der Waals surface area contributed by atoms with Crippen molar-refractivity contribution in [3.8, 4) is 11.5 Å². The third-order valence-corrected chi connectivity index (χ3v) is 1.82. The minimum absolute atomic E-state index is 0.0169. The standard InChI is InChI=1S/C9H9N5O2/c10-8-12-9(14-13-8)11-4-5-1-2-6(15)3-7(5)16/h1-4,15-16H,(H3,10,12,13,14)/b11-4+. The summed E-state index contributed by atoms with van der Waals surface area (Å²) >= 11 is 0. The highest BCUT2D eigenvalue weighted by Gasteiger charge is 2.00. The number of aromatic nitrogens is 3. The van der Waals surface area contributed by atoms with Crippen molar-refractivity contribution in [2.24, 2.45) is 4.99 Å². The molecular weight excluding hydrogens is 210 g/mol. The van der Waals surface area contributed by atoms with Gasteiger partial charge in [0.15, 0.2) is 0 Å². The van der Waals surface area contributed by atoms with Crippen molar-refractivity contribution in [1.82, 2.24) is 15.2 Å². The maximum absolute atomic E-state index is 9.45. The van der Waals surface area contributed by atoms with Crippen LogP contribution in [0.2, 0.25) is 0 Å². The van der Waals surface area contributed by atoms with Crippen LogP contribution in [0.1, 0.15) is 5.56 Å². The summed E-state index contributed by atoms with van der Waals surface area (Å²) in [6.07, 6.45) is 1.37. The Kier molecular flexibility index (Phi) is 2.42. The molecule has 1 aromatic heterocycles. The zero-order valence-electron chi connectivity index (χ0n) is 8.12. The van der Waals surface area contributed by atoms with E-state index in [0.717, 1.165) is 0 Å². The quantitative estimate of drug-likeness (QED) is 0.549. The van der Waals surface area contributed by atoms with Gasteiger partial charge in [-0.2, -0.15) is 4.98 Å². The third-order valence-electron chi connectivity index (χ3n) is 1.82. The first-order valence-corrected chi connectivity index (χ1v) is 4.39. The van der Waals surface area contributed by atoms with E-state index in [9.17, 15) is 5.11 Å². The van der Waals surface area contributed by atoms with Gasteiger partial charge in [0.25, 0.3) is 5.95 Å². The first-order chi connectivity index (χ1) is 7.65. The molecule has 0 aliphatic carbocycles. The van der Waals surface area contributed by atoms with Crippen LogP contribution in [0.3, 0.4) is 0 Å². The maximum atomic E-state index is 9.45. The number of aliphatic imine (C=N–C) groups is 1. The molecule has 0 fully saturated rings. The number of anilines is 1. The number of hydrogen-bond acceptors (Lipinski definition) is 6. The van der Waals surface area contributed by atoms with Gasteiger partial charge in [0.05, 0.1) is 0 Å². The monoisotopic (exact) mass is 219 g/mol. The number of phenolic OH excluding ortho intramolecular Hbond substituents is 2. The maximum Gasteiger partial charge on any atom is 0.269 e. The fourth-order valence-electron chi connectivity index (χ4n) is 1.09. The number of nitrogens with zero attached hydrogens (tertiary/aromatic N) is 3. The Bertz CT molecular complexity index is 534. The minimum Gasteiger partial charge on any atom is -0.508 e. The Morgan fingerprint density at radius 2 is 2.19 bits per heavy atom. The Labute approximate surface area is 90.3 Å². The molecule has 82 valence electrons. The fraction of sp³-hybridized carbons (Fsp3) is 0. The molecule has 0 aliphatic heterocycles. The topological polar surface area (TPSA) is 120 Å². The normalized spacial score (nSPS) is 11.0. The second-order valence-corrected chi connectivity index (χ2v) is 3.02. The van der Waals surface area contributed by atoms with Crippen molar-refractivity contribution in [2.75, 3.05) is 5.73 Å². The summed E-state index contributed by atoms with van der Waals surface area (Å²) in [5, 5.41) is 24.6. The lowest BCUT2D eigenvalue weighted by molar-refractivity contribution is 0.450. The number of nitrogen functional groups attached to an aromatic ring is 1. The highest BCUT2D eigenvalue weighted by molar-refractivity contribution is 5.85. The van der Waals surface area contributed by atoms with Crippen LogP contribution >= 0.6 is 0 Å². The molecular formula is C9H9N5O2. The molecule has 1 aromatic carbocycles. The predicted octanol–water partition coefficient (Wildman–Crippen LogP) is 0.549. The van der Waals surface area contributed by atoms with Gasteiger partial charge in [-0.1, -0.05) is 0 Å². The summed E-state index contributed by atoms with van der Waals surface area (Å²) in [6.45, 7) is 0. The van der Waals surface area contributed by atoms with E-state index in [1.54, 1.807) is 0 Å². The van der Waals surface area contributed by atoms with E-state index < -0.39 is 0 Å². The van der Waals surface area contributed by atoms with E-state index in [-0.39, 0.29) is 23.4 Å². The number of nitrogens with one attached hydrogen (secondary N) is 1. The lowest BCUT2D eigenvalue weighted by Crippen LogP contribution is -1.84. The van der Waals surface area contributed by atoms with Crippen LogP contribution in [-0.4, -0.2) is 31.6 Å². The van der Waals surface area contributed by atoms with E-state index in [0.29, 0.717) is 5.56 Å². The van der Waals surface area contributed by atoms with Crippen LogP contribution < -0.4 is 5.73 Å². The molecule has 5 N–H and O–H groups in total. The van der Waals surface area contributed by atoms with Gasteiger partial charge >= 0.3 is 0 Å². The second kappa shape index (κ2) is 3.89. The van der Waals surface area contributed by atoms with E-state index in [4.69, 9.17) is 10.8 Å². The third kappa shape index (κ3) is 2.08. The van der Waals surface area contributed by atoms with E-state index >= 15 is 0 Å². The molecule has 0 saturated carbocycles. The average Bonchev–Trinajstić information content (AvgIpc) is 2.63. The summed E-state index contributed by atoms with van der Waals surface area (Å²) in [5.41, 5.74) is 5.76. The Morgan fingerprint density at radius 3 is 2.81 bits per heavy atom. The van der Waals surface area contributed by atoms with Crippen LogP contribution in [-0.2, 0) is 0 Å². The van der Waals surface area contributed by atoms with Gasteiger partial charge in [0, 0.05) is 17.8 Å². The number of hydrogen-bond donors (Lipinski definition) is 4. The highest BCUT2D eigenvalue weighted by atomic mass is 16.3. The molecule has 0 aliphatic rings. The number of rotatable bonds is 2. The summed E-state index contributed by atoms with van der Waals surface area (Å²) in [6, 6.07) is 4.17. The van der Waals surface area contributed by atoms with Crippen LogP contribution in [0.15, 0.2) is 23.2 Å². The van der Waals surface area contributed by atoms with Crippen molar-refractivity contribution >= 4 is 18.1 Å².